The van der Waals surface area contributed by atoms with Crippen LogP contribution in [0.25, 0.3) is 21.8 Å². The summed E-state index contributed by atoms with van der Waals surface area (Å²) < 4.78 is 2.22. The minimum absolute atomic E-state index is 0.478. The molecule has 4 aromatic rings. The van der Waals surface area contributed by atoms with Gasteiger partial charge in [0.2, 0.25) is 0 Å². The maximum Gasteiger partial charge on any atom is 0.0891 e. The second-order valence-electron chi connectivity index (χ2n) is 6.93. The van der Waals surface area contributed by atoms with Gasteiger partial charge in [0, 0.05) is 34.0 Å². The van der Waals surface area contributed by atoms with Gasteiger partial charge in [-0.1, -0.05) is 48.5 Å². The Morgan fingerprint density at radius 2 is 1.46 bits per heavy atom. The first-order valence-electron chi connectivity index (χ1n) is 9.09. The summed E-state index contributed by atoms with van der Waals surface area (Å²) in [7, 11) is 0. The molecule has 0 spiro atoms. The first kappa shape index (κ1) is 16.7. The summed E-state index contributed by atoms with van der Waals surface area (Å²) in [4.78, 5) is 0. The molecule has 0 fully saturated rings. The molecule has 0 bridgehead atoms. The molecule has 4 rings (SSSR count). The molecule has 3 aromatic carbocycles. The van der Waals surface area contributed by atoms with Gasteiger partial charge in [0.05, 0.1) is 12.6 Å². The molecule has 26 heavy (non-hydrogen) atoms. The largest absolute Gasteiger partial charge is 0.389 e. The second kappa shape index (κ2) is 6.85. The van der Waals surface area contributed by atoms with E-state index < -0.39 is 6.10 Å². The molecule has 0 aliphatic carbocycles. The zero-order valence-electron chi connectivity index (χ0n) is 15.2. The molecule has 0 aliphatic heterocycles. The van der Waals surface area contributed by atoms with Gasteiger partial charge in [0.1, 0.15) is 0 Å². The lowest BCUT2D eigenvalue weighted by Crippen LogP contribution is -2.25. The van der Waals surface area contributed by atoms with Crippen molar-refractivity contribution in [3.8, 4) is 0 Å². The number of fused-ring (bicyclic) bond motifs is 3. The van der Waals surface area contributed by atoms with Gasteiger partial charge in [-0.25, -0.2) is 0 Å². The van der Waals surface area contributed by atoms with Crippen LogP contribution in [0, 0.1) is 13.8 Å². The molecule has 1 atom stereocenters. The molecule has 0 radical (unpaired) electrons. The molecule has 1 aromatic heterocycles. The average molecular weight is 344 g/mol. The molecular formula is C23H24N2O. The lowest BCUT2D eigenvalue weighted by molar-refractivity contribution is 0.169. The van der Waals surface area contributed by atoms with E-state index in [0.29, 0.717) is 13.1 Å². The van der Waals surface area contributed by atoms with Crippen molar-refractivity contribution in [2.75, 3.05) is 11.9 Å². The Hall–Kier alpha value is -2.78. The van der Waals surface area contributed by atoms with Crippen molar-refractivity contribution in [1.29, 1.82) is 0 Å². The summed E-state index contributed by atoms with van der Waals surface area (Å²) in [6.45, 7) is 5.29. The molecule has 132 valence electrons. The number of benzene rings is 3. The molecular weight excluding hydrogens is 320 g/mol. The highest BCUT2D eigenvalue weighted by molar-refractivity contribution is 6.07. The van der Waals surface area contributed by atoms with Crippen molar-refractivity contribution in [3.63, 3.8) is 0 Å². The van der Waals surface area contributed by atoms with Crippen LogP contribution in [0.15, 0.2) is 66.7 Å². The number of aryl methyl sites for hydroxylation is 1. The van der Waals surface area contributed by atoms with Gasteiger partial charge in [-0.3, -0.25) is 0 Å². The number of aliphatic hydroxyl groups excluding tert-OH is 1. The Balaban J connectivity index is 1.59. The van der Waals surface area contributed by atoms with Gasteiger partial charge in [-0.05, 0) is 43.2 Å². The molecule has 0 saturated heterocycles. The normalized spacial score (nSPS) is 12.6. The summed E-state index contributed by atoms with van der Waals surface area (Å²) >= 11 is 0. The monoisotopic (exact) mass is 344 g/mol. The fourth-order valence-electron chi connectivity index (χ4n) is 3.65. The third-order valence-electron chi connectivity index (χ3n) is 5.21. The van der Waals surface area contributed by atoms with Crippen molar-refractivity contribution in [2.24, 2.45) is 0 Å². The lowest BCUT2D eigenvalue weighted by atomic mass is 10.1. The minimum Gasteiger partial charge on any atom is -0.389 e. The molecule has 2 N–H and O–H groups in total. The number of nitrogens with one attached hydrogen (secondary N) is 1. The lowest BCUT2D eigenvalue weighted by Gasteiger charge is -2.17. The van der Waals surface area contributed by atoms with Crippen LogP contribution < -0.4 is 5.32 Å². The first-order chi connectivity index (χ1) is 12.6. The number of rotatable bonds is 5. The number of hydrogen-bond donors (Lipinski definition) is 2. The average Bonchev–Trinajstić information content (AvgIpc) is 2.97. The number of para-hydroxylation sites is 2. The second-order valence-corrected chi connectivity index (χ2v) is 6.93. The third kappa shape index (κ3) is 2.95. The Morgan fingerprint density at radius 1 is 0.846 bits per heavy atom. The van der Waals surface area contributed by atoms with Crippen LogP contribution in [0.1, 0.15) is 11.1 Å². The van der Waals surface area contributed by atoms with Gasteiger partial charge in [0.25, 0.3) is 0 Å². The van der Waals surface area contributed by atoms with E-state index in [2.05, 4.69) is 84.4 Å². The Kier molecular flexibility index (Phi) is 4.39. The van der Waals surface area contributed by atoms with Crippen molar-refractivity contribution < 1.29 is 5.11 Å². The van der Waals surface area contributed by atoms with E-state index >= 15 is 0 Å². The SMILES string of the molecule is Cc1cccc(NC[C@H](O)Cn2c3ccccc3c3ccccc32)c1C. The van der Waals surface area contributed by atoms with Crippen molar-refractivity contribution >= 4 is 27.5 Å². The number of aromatic nitrogens is 1. The zero-order valence-corrected chi connectivity index (χ0v) is 15.2. The maximum absolute atomic E-state index is 10.7. The maximum atomic E-state index is 10.7. The standard InChI is InChI=1S/C23H24N2O/c1-16-8-7-11-21(17(16)2)24-14-18(26)15-25-22-12-5-3-9-19(22)20-10-4-6-13-23(20)25/h3-13,18,24,26H,14-15H2,1-2H3/t18-/m0/s1. The van der Waals surface area contributed by atoms with Crippen LogP contribution in [0.4, 0.5) is 5.69 Å². The first-order valence-corrected chi connectivity index (χ1v) is 9.09. The number of aliphatic hydroxyl groups is 1. The Labute approximate surface area is 153 Å². The van der Waals surface area contributed by atoms with E-state index in [1.807, 2.05) is 6.07 Å². The number of nitrogens with zero attached hydrogens (tertiary/aromatic N) is 1. The van der Waals surface area contributed by atoms with Gasteiger partial charge in [0.15, 0.2) is 0 Å². The van der Waals surface area contributed by atoms with Crippen LogP contribution in [-0.4, -0.2) is 22.3 Å². The van der Waals surface area contributed by atoms with Gasteiger partial charge >= 0.3 is 0 Å². The third-order valence-corrected chi connectivity index (χ3v) is 5.21. The number of anilines is 1. The molecule has 0 unspecified atom stereocenters. The van der Waals surface area contributed by atoms with Crippen LogP contribution in [0.5, 0.6) is 0 Å². The highest BCUT2D eigenvalue weighted by Crippen LogP contribution is 2.29. The van der Waals surface area contributed by atoms with Crippen molar-refractivity contribution in [1.82, 2.24) is 4.57 Å². The van der Waals surface area contributed by atoms with E-state index in [0.717, 1.165) is 5.69 Å². The van der Waals surface area contributed by atoms with Gasteiger partial charge in [-0.15, -0.1) is 0 Å². The highest BCUT2D eigenvalue weighted by atomic mass is 16.3. The van der Waals surface area contributed by atoms with Crippen molar-refractivity contribution in [3.05, 3.63) is 77.9 Å². The summed E-state index contributed by atoms with van der Waals surface area (Å²) in [6.07, 6.45) is -0.478. The van der Waals surface area contributed by atoms with E-state index in [1.165, 1.54) is 32.9 Å². The van der Waals surface area contributed by atoms with Gasteiger partial charge < -0.3 is 15.0 Å². The molecule has 0 amide bonds. The predicted octanol–water partition coefficient (Wildman–Crippen LogP) is 4.88. The topological polar surface area (TPSA) is 37.2 Å². The molecule has 0 aliphatic rings. The zero-order chi connectivity index (χ0) is 18.1. The van der Waals surface area contributed by atoms with Crippen LogP contribution >= 0.6 is 0 Å². The van der Waals surface area contributed by atoms with E-state index in [-0.39, 0.29) is 0 Å². The number of hydrogen-bond acceptors (Lipinski definition) is 2. The summed E-state index contributed by atoms with van der Waals surface area (Å²) in [6, 6.07) is 23.0. The smallest absolute Gasteiger partial charge is 0.0891 e. The fraction of sp³-hybridized carbons (Fsp3) is 0.217. The Morgan fingerprint density at radius 3 is 2.12 bits per heavy atom. The van der Waals surface area contributed by atoms with Gasteiger partial charge in [-0.2, -0.15) is 0 Å². The highest BCUT2D eigenvalue weighted by Gasteiger charge is 2.13. The molecule has 0 saturated carbocycles. The quantitative estimate of drug-likeness (QED) is 0.541. The Bertz CT molecular complexity index is 1010. The minimum atomic E-state index is -0.478. The fourth-order valence-corrected chi connectivity index (χ4v) is 3.65. The predicted molar refractivity (Wildman–Crippen MR) is 110 cm³/mol. The molecule has 3 heteroatoms. The molecule has 1 heterocycles. The van der Waals surface area contributed by atoms with Crippen LogP contribution in [-0.2, 0) is 6.54 Å². The van der Waals surface area contributed by atoms with Crippen LogP contribution in [0.3, 0.4) is 0 Å². The summed E-state index contributed by atoms with van der Waals surface area (Å²) in [5.41, 5.74) is 5.91. The van der Waals surface area contributed by atoms with E-state index in [1.54, 1.807) is 0 Å². The van der Waals surface area contributed by atoms with E-state index in [4.69, 9.17) is 0 Å². The summed E-state index contributed by atoms with van der Waals surface area (Å²) in [5.74, 6) is 0. The summed E-state index contributed by atoms with van der Waals surface area (Å²) in [5, 5.41) is 16.5. The van der Waals surface area contributed by atoms with E-state index in [9.17, 15) is 5.11 Å². The molecule has 3 nitrogen and oxygen atoms in total. The van der Waals surface area contributed by atoms with Crippen molar-refractivity contribution in [2.45, 2.75) is 26.5 Å². The van der Waals surface area contributed by atoms with Crippen LogP contribution in [0.2, 0.25) is 0 Å².